The van der Waals surface area contributed by atoms with Gasteiger partial charge in [0, 0.05) is 12.0 Å². The number of benzene rings is 1. The van der Waals surface area contributed by atoms with E-state index >= 15 is 0 Å². The fourth-order valence-electron chi connectivity index (χ4n) is 1.04. The Labute approximate surface area is 78.0 Å². The van der Waals surface area contributed by atoms with Crippen LogP contribution in [0.3, 0.4) is 0 Å². The minimum Gasteiger partial charge on any atom is -0.503 e. The molecule has 0 bridgehead atoms. The van der Waals surface area contributed by atoms with Gasteiger partial charge < -0.3 is 5.11 Å². The van der Waals surface area contributed by atoms with Gasteiger partial charge >= 0.3 is 0 Å². The van der Waals surface area contributed by atoms with Gasteiger partial charge in [-0.15, -0.1) is 0 Å². The minimum absolute atomic E-state index is 0.353. The zero-order valence-electron chi connectivity index (χ0n) is 7.27. The second-order valence-electron chi connectivity index (χ2n) is 2.87. The topological polar surface area (TPSA) is 37.3 Å². The van der Waals surface area contributed by atoms with Crippen LogP contribution in [0.1, 0.15) is 12.5 Å². The first-order valence-electron chi connectivity index (χ1n) is 3.78. The van der Waals surface area contributed by atoms with E-state index in [1.807, 2.05) is 0 Å². The van der Waals surface area contributed by atoms with Crippen molar-refractivity contribution in [3.05, 3.63) is 29.1 Å². The largest absolute Gasteiger partial charge is 0.503 e. The Morgan fingerprint density at radius 2 is 1.93 bits per heavy atom. The number of hydrogen-bond acceptors (Lipinski definition) is 2. The summed E-state index contributed by atoms with van der Waals surface area (Å²) < 4.78 is 38.2. The molecule has 5 heteroatoms. The summed E-state index contributed by atoms with van der Waals surface area (Å²) in [5.74, 6) is -6.11. The average molecular weight is 204 g/mol. The first kappa shape index (κ1) is 10.6. The summed E-state index contributed by atoms with van der Waals surface area (Å²) in [4.78, 5) is 10.6. The molecule has 0 aliphatic rings. The molecule has 0 radical (unpaired) electrons. The van der Waals surface area contributed by atoms with Crippen LogP contribution in [0.15, 0.2) is 6.07 Å². The molecule has 0 saturated carbocycles. The SMILES string of the molecule is CC(=O)Cc1cc(F)c(F)c(O)c1F. The van der Waals surface area contributed by atoms with Gasteiger partial charge in [-0.25, -0.2) is 8.78 Å². The Bertz CT molecular complexity index is 388. The number of Topliss-reactive ketones (excluding diaryl/α,β-unsaturated/α-hetero) is 1. The molecule has 0 amide bonds. The van der Waals surface area contributed by atoms with Gasteiger partial charge in [0.25, 0.3) is 0 Å². The van der Waals surface area contributed by atoms with Gasteiger partial charge in [-0.1, -0.05) is 0 Å². The molecular weight excluding hydrogens is 197 g/mol. The van der Waals surface area contributed by atoms with Gasteiger partial charge in [0.2, 0.25) is 5.82 Å². The van der Waals surface area contributed by atoms with E-state index in [-0.39, 0.29) is 12.0 Å². The second kappa shape index (κ2) is 3.69. The van der Waals surface area contributed by atoms with Crippen molar-refractivity contribution in [1.29, 1.82) is 0 Å². The monoisotopic (exact) mass is 204 g/mol. The summed E-state index contributed by atoms with van der Waals surface area (Å²) in [5.41, 5.74) is -0.353. The van der Waals surface area contributed by atoms with E-state index in [1.54, 1.807) is 0 Å². The Kier molecular flexibility index (Phi) is 2.78. The number of carbonyl (C=O) groups excluding carboxylic acids is 1. The van der Waals surface area contributed by atoms with Crippen LogP contribution in [-0.4, -0.2) is 10.9 Å². The Morgan fingerprint density at radius 1 is 1.36 bits per heavy atom. The number of carbonyl (C=O) groups is 1. The molecule has 76 valence electrons. The third-order valence-corrected chi connectivity index (χ3v) is 1.65. The molecule has 14 heavy (non-hydrogen) atoms. The molecule has 0 aliphatic carbocycles. The lowest BCUT2D eigenvalue weighted by Crippen LogP contribution is -2.02. The number of phenolic OH excluding ortho intramolecular Hbond substituents is 1. The van der Waals surface area contributed by atoms with Gasteiger partial charge in [-0.2, -0.15) is 4.39 Å². The van der Waals surface area contributed by atoms with E-state index in [9.17, 15) is 18.0 Å². The van der Waals surface area contributed by atoms with Gasteiger partial charge in [0.1, 0.15) is 5.78 Å². The number of hydrogen-bond donors (Lipinski definition) is 1. The normalized spacial score (nSPS) is 10.3. The van der Waals surface area contributed by atoms with Crippen LogP contribution in [0.2, 0.25) is 0 Å². The highest BCUT2D eigenvalue weighted by Crippen LogP contribution is 2.25. The van der Waals surface area contributed by atoms with Crippen molar-refractivity contribution in [2.24, 2.45) is 0 Å². The zero-order chi connectivity index (χ0) is 10.9. The van der Waals surface area contributed by atoms with Crippen LogP contribution < -0.4 is 0 Å². The van der Waals surface area contributed by atoms with Crippen LogP contribution in [0, 0.1) is 17.5 Å². The second-order valence-corrected chi connectivity index (χ2v) is 2.87. The lowest BCUT2D eigenvalue weighted by atomic mass is 10.1. The summed E-state index contributed by atoms with van der Waals surface area (Å²) in [7, 11) is 0. The van der Waals surface area contributed by atoms with Crippen molar-refractivity contribution in [3.63, 3.8) is 0 Å². The highest BCUT2D eigenvalue weighted by atomic mass is 19.2. The van der Waals surface area contributed by atoms with Crippen LogP contribution >= 0.6 is 0 Å². The quantitative estimate of drug-likeness (QED) is 0.747. The van der Waals surface area contributed by atoms with Crippen molar-refractivity contribution < 1.29 is 23.1 Å². The van der Waals surface area contributed by atoms with E-state index < -0.39 is 29.0 Å². The number of ketones is 1. The molecule has 0 heterocycles. The summed E-state index contributed by atoms with van der Waals surface area (Å²) in [6.45, 7) is 1.18. The number of aromatic hydroxyl groups is 1. The van der Waals surface area contributed by atoms with Crippen LogP contribution in [0.25, 0.3) is 0 Å². The summed E-state index contributed by atoms with van der Waals surface area (Å²) in [5, 5.41) is 8.78. The van der Waals surface area contributed by atoms with E-state index in [4.69, 9.17) is 5.11 Å². The first-order chi connectivity index (χ1) is 6.43. The molecule has 0 atom stereocenters. The average Bonchev–Trinajstić information content (AvgIpc) is 2.10. The molecular formula is C9H7F3O2. The van der Waals surface area contributed by atoms with E-state index in [2.05, 4.69) is 0 Å². The fraction of sp³-hybridized carbons (Fsp3) is 0.222. The summed E-state index contributed by atoms with van der Waals surface area (Å²) in [6.07, 6.45) is -0.378. The lowest BCUT2D eigenvalue weighted by molar-refractivity contribution is -0.116. The number of phenols is 1. The number of rotatable bonds is 2. The summed E-state index contributed by atoms with van der Waals surface area (Å²) in [6, 6.07) is 0.561. The number of halogens is 3. The highest BCUT2D eigenvalue weighted by molar-refractivity contribution is 5.78. The maximum Gasteiger partial charge on any atom is 0.203 e. The summed E-state index contributed by atoms with van der Waals surface area (Å²) >= 11 is 0. The predicted molar refractivity (Wildman–Crippen MR) is 42.4 cm³/mol. The molecule has 2 nitrogen and oxygen atoms in total. The van der Waals surface area contributed by atoms with Gasteiger partial charge in [0.05, 0.1) is 0 Å². The van der Waals surface area contributed by atoms with E-state index in [0.717, 1.165) is 0 Å². The third-order valence-electron chi connectivity index (χ3n) is 1.65. The standard InChI is InChI=1S/C9H7F3O2/c1-4(13)2-5-3-6(10)8(12)9(14)7(5)11/h3,14H,2H2,1H3. The van der Waals surface area contributed by atoms with Crippen molar-refractivity contribution >= 4 is 5.78 Å². The van der Waals surface area contributed by atoms with Crippen LogP contribution in [0.4, 0.5) is 13.2 Å². The highest BCUT2D eigenvalue weighted by Gasteiger charge is 2.18. The molecule has 0 aliphatic heterocycles. The molecule has 0 saturated heterocycles. The van der Waals surface area contributed by atoms with E-state index in [0.29, 0.717) is 6.07 Å². The van der Waals surface area contributed by atoms with E-state index in [1.165, 1.54) is 6.92 Å². The van der Waals surface area contributed by atoms with Crippen LogP contribution in [0.5, 0.6) is 5.75 Å². The zero-order valence-corrected chi connectivity index (χ0v) is 7.27. The molecule has 0 aromatic heterocycles. The molecule has 1 N–H and O–H groups in total. The third kappa shape index (κ3) is 1.86. The Balaban J connectivity index is 3.25. The molecule has 1 rings (SSSR count). The van der Waals surface area contributed by atoms with Gasteiger partial charge in [-0.3, -0.25) is 4.79 Å². The van der Waals surface area contributed by atoms with Crippen molar-refractivity contribution in [3.8, 4) is 5.75 Å². The lowest BCUT2D eigenvalue weighted by Gasteiger charge is -2.04. The van der Waals surface area contributed by atoms with Gasteiger partial charge in [-0.05, 0) is 13.0 Å². The predicted octanol–water partition coefficient (Wildman–Crippen LogP) is 1.94. The van der Waals surface area contributed by atoms with Gasteiger partial charge in [0.15, 0.2) is 17.4 Å². The van der Waals surface area contributed by atoms with Crippen molar-refractivity contribution in [1.82, 2.24) is 0 Å². The fourth-order valence-corrected chi connectivity index (χ4v) is 1.04. The Hall–Kier alpha value is -1.52. The molecule has 1 aromatic carbocycles. The van der Waals surface area contributed by atoms with Crippen molar-refractivity contribution in [2.45, 2.75) is 13.3 Å². The molecule has 0 spiro atoms. The smallest absolute Gasteiger partial charge is 0.203 e. The maximum absolute atomic E-state index is 13.0. The Morgan fingerprint density at radius 3 is 2.43 bits per heavy atom. The minimum atomic E-state index is -1.64. The van der Waals surface area contributed by atoms with Crippen molar-refractivity contribution in [2.75, 3.05) is 0 Å². The first-order valence-corrected chi connectivity index (χ1v) is 3.78. The molecule has 0 unspecified atom stereocenters. The molecule has 0 fully saturated rings. The molecule has 1 aromatic rings. The maximum atomic E-state index is 13.0. The van der Waals surface area contributed by atoms with Crippen LogP contribution in [-0.2, 0) is 11.2 Å².